The van der Waals surface area contributed by atoms with Crippen molar-refractivity contribution in [3.05, 3.63) is 50.0 Å². The fourth-order valence-corrected chi connectivity index (χ4v) is 2.56. The van der Waals surface area contributed by atoms with Gasteiger partial charge in [-0.1, -0.05) is 27.5 Å². The fraction of sp³-hybridized carbons (Fsp3) is 0.0833. The number of halogens is 3. The monoisotopic (exact) mass is 374 g/mol. The Morgan fingerprint density at radius 1 is 1.18 bits per heavy atom. The number of aryl methyl sites for hydroxylation is 1. The average molecular weight is 376 g/mol. The number of nitrogens with zero attached hydrogens (tertiary/aromatic N) is 1. The lowest BCUT2D eigenvalue weighted by Gasteiger charge is -2.10. The fourth-order valence-electron chi connectivity index (χ4n) is 1.39. The maximum atomic E-state index is 6.13. The zero-order valence-corrected chi connectivity index (χ0v) is 12.9. The van der Waals surface area contributed by atoms with E-state index in [9.17, 15) is 0 Å². The Kier molecular flexibility index (Phi) is 4.07. The Labute approximate surface area is 122 Å². The molecule has 2 rings (SSSR count). The van der Waals surface area contributed by atoms with Crippen molar-refractivity contribution in [3.63, 3.8) is 0 Å². The van der Waals surface area contributed by atoms with Gasteiger partial charge in [-0.05, 0) is 52.7 Å². The molecule has 0 aliphatic heterocycles. The van der Waals surface area contributed by atoms with E-state index in [0.29, 0.717) is 5.02 Å². The predicted octanol–water partition coefficient (Wildman–Crippen LogP) is 5.31. The highest BCUT2D eigenvalue weighted by molar-refractivity contribution is 9.10. The third-order valence-electron chi connectivity index (χ3n) is 2.23. The number of anilines is 2. The standard InChI is InChI=1S/C12H9Br2ClN2/c1-7-4-9(14)6-16-12(7)17-11-3-2-8(13)5-10(11)15/h2-6H,1H3,(H,16,17). The number of aromatic nitrogens is 1. The summed E-state index contributed by atoms with van der Waals surface area (Å²) in [4.78, 5) is 4.31. The first-order valence-electron chi connectivity index (χ1n) is 4.90. The van der Waals surface area contributed by atoms with Crippen LogP contribution < -0.4 is 5.32 Å². The van der Waals surface area contributed by atoms with Crippen LogP contribution in [0, 0.1) is 6.92 Å². The lowest BCUT2D eigenvalue weighted by Crippen LogP contribution is -1.96. The minimum atomic E-state index is 0.656. The highest BCUT2D eigenvalue weighted by atomic mass is 79.9. The van der Waals surface area contributed by atoms with Crippen molar-refractivity contribution in [1.82, 2.24) is 4.98 Å². The van der Waals surface area contributed by atoms with Gasteiger partial charge in [0.2, 0.25) is 0 Å². The zero-order chi connectivity index (χ0) is 12.4. The second kappa shape index (κ2) is 5.38. The molecule has 0 saturated heterocycles. The normalized spacial score (nSPS) is 10.4. The lowest BCUT2D eigenvalue weighted by atomic mass is 10.2. The van der Waals surface area contributed by atoms with Crippen LogP contribution in [-0.4, -0.2) is 4.98 Å². The minimum absolute atomic E-state index is 0.656. The second-order valence-electron chi connectivity index (χ2n) is 3.57. The van der Waals surface area contributed by atoms with Gasteiger partial charge in [-0.15, -0.1) is 0 Å². The molecule has 1 aromatic heterocycles. The first-order valence-corrected chi connectivity index (χ1v) is 6.87. The summed E-state index contributed by atoms with van der Waals surface area (Å²) in [7, 11) is 0. The summed E-state index contributed by atoms with van der Waals surface area (Å²) < 4.78 is 1.91. The van der Waals surface area contributed by atoms with Crippen molar-refractivity contribution in [2.24, 2.45) is 0 Å². The molecule has 0 amide bonds. The summed E-state index contributed by atoms with van der Waals surface area (Å²) in [6, 6.07) is 7.69. The van der Waals surface area contributed by atoms with Crippen LogP contribution >= 0.6 is 43.5 Å². The van der Waals surface area contributed by atoms with E-state index in [-0.39, 0.29) is 0 Å². The summed E-state index contributed by atoms with van der Waals surface area (Å²) in [5, 5.41) is 3.87. The van der Waals surface area contributed by atoms with E-state index in [2.05, 4.69) is 42.2 Å². The Hall–Kier alpha value is -0.580. The Balaban J connectivity index is 2.31. The molecule has 2 nitrogen and oxygen atoms in total. The van der Waals surface area contributed by atoms with Gasteiger partial charge < -0.3 is 5.32 Å². The SMILES string of the molecule is Cc1cc(Br)cnc1Nc1ccc(Br)cc1Cl. The van der Waals surface area contributed by atoms with Gasteiger partial charge in [0.1, 0.15) is 5.82 Å². The van der Waals surface area contributed by atoms with Crippen LogP contribution in [0.2, 0.25) is 5.02 Å². The van der Waals surface area contributed by atoms with Crippen molar-refractivity contribution >= 4 is 55.0 Å². The molecule has 0 fully saturated rings. The Morgan fingerprint density at radius 2 is 1.94 bits per heavy atom. The van der Waals surface area contributed by atoms with Gasteiger partial charge in [0.15, 0.2) is 0 Å². The maximum Gasteiger partial charge on any atom is 0.133 e. The quantitative estimate of drug-likeness (QED) is 0.768. The van der Waals surface area contributed by atoms with Crippen LogP contribution in [0.3, 0.4) is 0 Å². The molecule has 1 heterocycles. The molecule has 0 spiro atoms. The van der Waals surface area contributed by atoms with Gasteiger partial charge in [0.05, 0.1) is 10.7 Å². The van der Waals surface area contributed by atoms with Crippen molar-refractivity contribution in [2.45, 2.75) is 6.92 Å². The largest absolute Gasteiger partial charge is 0.339 e. The first kappa shape index (κ1) is 12.9. The lowest BCUT2D eigenvalue weighted by molar-refractivity contribution is 1.24. The number of benzene rings is 1. The van der Waals surface area contributed by atoms with Gasteiger partial charge in [-0.2, -0.15) is 0 Å². The number of hydrogen-bond donors (Lipinski definition) is 1. The van der Waals surface area contributed by atoms with Crippen LogP contribution in [0.5, 0.6) is 0 Å². The second-order valence-corrected chi connectivity index (χ2v) is 5.81. The van der Waals surface area contributed by atoms with E-state index in [1.807, 2.05) is 31.2 Å². The van der Waals surface area contributed by atoms with E-state index in [1.54, 1.807) is 6.20 Å². The van der Waals surface area contributed by atoms with Crippen LogP contribution in [0.15, 0.2) is 39.4 Å². The number of hydrogen-bond acceptors (Lipinski definition) is 2. The van der Waals surface area contributed by atoms with Crippen LogP contribution in [-0.2, 0) is 0 Å². The molecule has 1 N–H and O–H groups in total. The van der Waals surface area contributed by atoms with Crippen LogP contribution in [0.25, 0.3) is 0 Å². The van der Waals surface area contributed by atoms with Crippen LogP contribution in [0.1, 0.15) is 5.56 Å². The third kappa shape index (κ3) is 3.21. The van der Waals surface area contributed by atoms with E-state index in [4.69, 9.17) is 11.6 Å². The Bertz CT molecular complexity index is 509. The third-order valence-corrected chi connectivity index (χ3v) is 3.47. The maximum absolute atomic E-state index is 6.13. The molecule has 17 heavy (non-hydrogen) atoms. The summed E-state index contributed by atoms with van der Waals surface area (Å²) >= 11 is 12.9. The molecule has 0 aliphatic rings. The smallest absolute Gasteiger partial charge is 0.133 e. The highest BCUT2D eigenvalue weighted by Crippen LogP contribution is 2.29. The van der Waals surface area contributed by atoms with Crippen LogP contribution in [0.4, 0.5) is 11.5 Å². The van der Waals surface area contributed by atoms with E-state index in [0.717, 1.165) is 26.0 Å². The van der Waals surface area contributed by atoms with E-state index >= 15 is 0 Å². The molecule has 0 atom stereocenters. The molecule has 2 aromatic rings. The molecule has 5 heteroatoms. The summed E-state index contributed by atoms with van der Waals surface area (Å²) in [6.45, 7) is 1.99. The molecule has 0 saturated carbocycles. The van der Waals surface area contributed by atoms with E-state index in [1.165, 1.54) is 0 Å². The zero-order valence-electron chi connectivity index (χ0n) is 8.97. The van der Waals surface area contributed by atoms with Gasteiger partial charge >= 0.3 is 0 Å². The van der Waals surface area contributed by atoms with Crippen molar-refractivity contribution < 1.29 is 0 Å². The van der Waals surface area contributed by atoms with Gasteiger partial charge in [-0.3, -0.25) is 0 Å². The van der Waals surface area contributed by atoms with E-state index < -0.39 is 0 Å². The van der Waals surface area contributed by atoms with Gasteiger partial charge in [-0.25, -0.2) is 4.98 Å². The summed E-state index contributed by atoms with van der Waals surface area (Å²) in [5.74, 6) is 0.803. The molecule has 1 aromatic carbocycles. The molecular weight excluding hydrogens is 367 g/mol. The van der Waals surface area contributed by atoms with Crippen molar-refractivity contribution in [2.75, 3.05) is 5.32 Å². The molecule has 0 bridgehead atoms. The first-order chi connectivity index (χ1) is 8.06. The Morgan fingerprint density at radius 3 is 2.59 bits per heavy atom. The van der Waals surface area contributed by atoms with Crippen molar-refractivity contribution in [3.8, 4) is 0 Å². The molecule has 0 radical (unpaired) electrons. The summed E-state index contributed by atoms with van der Waals surface area (Å²) in [6.07, 6.45) is 1.75. The molecule has 0 aliphatic carbocycles. The number of pyridine rings is 1. The predicted molar refractivity (Wildman–Crippen MR) is 79.1 cm³/mol. The van der Waals surface area contributed by atoms with Gasteiger partial charge in [0.25, 0.3) is 0 Å². The number of nitrogens with one attached hydrogen (secondary N) is 1. The summed E-state index contributed by atoms with van der Waals surface area (Å²) in [5.41, 5.74) is 1.89. The van der Waals surface area contributed by atoms with Crippen molar-refractivity contribution in [1.29, 1.82) is 0 Å². The van der Waals surface area contributed by atoms with Gasteiger partial charge in [0, 0.05) is 15.1 Å². The highest BCUT2D eigenvalue weighted by Gasteiger charge is 2.05. The topological polar surface area (TPSA) is 24.9 Å². The minimum Gasteiger partial charge on any atom is -0.339 e. The average Bonchev–Trinajstić information content (AvgIpc) is 2.25. The molecule has 0 unspecified atom stereocenters. The molecular formula is C12H9Br2ClN2. The molecule has 88 valence electrons. The number of rotatable bonds is 2.